The third-order valence-corrected chi connectivity index (χ3v) is 3.36. The zero-order valence-electron chi connectivity index (χ0n) is 10.8. The van der Waals surface area contributed by atoms with Crippen LogP contribution >= 0.6 is 0 Å². The van der Waals surface area contributed by atoms with Gasteiger partial charge in [-0.15, -0.1) is 0 Å². The first-order chi connectivity index (χ1) is 9.85. The number of hydrogen-bond acceptors (Lipinski definition) is 6. The van der Waals surface area contributed by atoms with Crippen LogP contribution in [0, 0.1) is 0 Å². The van der Waals surface area contributed by atoms with Gasteiger partial charge in [-0.2, -0.15) is 8.42 Å². The molecule has 0 aliphatic carbocycles. The van der Waals surface area contributed by atoms with E-state index in [0.29, 0.717) is 16.5 Å². The van der Waals surface area contributed by atoms with Gasteiger partial charge in [0.1, 0.15) is 17.9 Å². The van der Waals surface area contributed by atoms with Crippen molar-refractivity contribution in [2.75, 3.05) is 12.4 Å². The first-order valence-electron chi connectivity index (χ1n) is 5.98. The average Bonchev–Trinajstić information content (AvgIpc) is 2.36. The lowest BCUT2D eigenvalue weighted by Gasteiger charge is -2.06. The minimum atomic E-state index is -4.18. The van der Waals surface area contributed by atoms with Gasteiger partial charge in [-0.05, 0) is 11.6 Å². The molecule has 0 bridgehead atoms. The molecule has 8 heteroatoms. The molecule has 0 amide bonds. The summed E-state index contributed by atoms with van der Waals surface area (Å²) in [5.74, 6) is -1.37. The van der Waals surface area contributed by atoms with Gasteiger partial charge in [0.2, 0.25) is 0 Å². The van der Waals surface area contributed by atoms with Crippen LogP contribution in [0.15, 0.2) is 39.5 Å². The van der Waals surface area contributed by atoms with Gasteiger partial charge in [0.15, 0.2) is 0 Å². The summed E-state index contributed by atoms with van der Waals surface area (Å²) in [6.45, 7) is -0.447. The smallest absolute Gasteiger partial charge is 0.336 e. The molecule has 0 radical (unpaired) electrons. The van der Waals surface area contributed by atoms with Crippen LogP contribution < -0.4 is 5.63 Å². The molecule has 0 saturated carbocycles. The van der Waals surface area contributed by atoms with Crippen LogP contribution in [0.5, 0.6) is 0 Å². The lowest BCUT2D eigenvalue weighted by Crippen LogP contribution is -2.16. The van der Waals surface area contributed by atoms with Crippen molar-refractivity contribution in [3.05, 3.63) is 46.3 Å². The van der Waals surface area contributed by atoms with Crippen molar-refractivity contribution in [1.82, 2.24) is 0 Å². The van der Waals surface area contributed by atoms with E-state index in [-0.39, 0.29) is 6.42 Å². The van der Waals surface area contributed by atoms with Crippen molar-refractivity contribution in [2.45, 2.75) is 6.42 Å². The summed E-state index contributed by atoms with van der Waals surface area (Å²) in [6.07, 6.45) is -0.197. The molecule has 0 spiro atoms. The molecule has 0 aliphatic rings. The summed E-state index contributed by atoms with van der Waals surface area (Å²) in [7, 11) is -4.18. The van der Waals surface area contributed by atoms with E-state index in [9.17, 15) is 18.0 Å². The Morgan fingerprint density at radius 1 is 1.29 bits per heavy atom. The minimum Gasteiger partial charge on any atom is -0.464 e. The lowest BCUT2D eigenvalue weighted by atomic mass is 10.1. The Labute approximate surface area is 119 Å². The van der Waals surface area contributed by atoms with Crippen molar-refractivity contribution < 1.29 is 26.9 Å². The molecule has 1 N–H and O–H groups in total. The number of carbonyl (C=O) groups is 1. The van der Waals surface area contributed by atoms with Gasteiger partial charge in [-0.1, -0.05) is 18.2 Å². The molecule has 0 fully saturated rings. The zero-order chi connectivity index (χ0) is 15.5. The summed E-state index contributed by atoms with van der Waals surface area (Å²) in [5, 5.41) is 0.601. The van der Waals surface area contributed by atoms with Crippen LogP contribution in [-0.4, -0.2) is 31.3 Å². The number of rotatable bonds is 5. The molecule has 1 aromatic heterocycles. The molecular weight excluding hydrogens is 300 g/mol. The molecule has 7 nitrogen and oxygen atoms in total. The van der Waals surface area contributed by atoms with Crippen molar-refractivity contribution in [2.24, 2.45) is 0 Å². The third-order valence-electron chi connectivity index (χ3n) is 2.67. The molecule has 0 aliphatic heterocycles. The van der Waals surface area contributed by atoms with E-state index in [1.54, 1.807) is 24.3 Å². The van der Waals surface area contributed by atoms with Gasteiger partial charge in [0.25, 0.3) is 10.1 Å². The fourth-order valence-electron chi connectivity index (χ4n) is 1.79. The van der Waals surface area contributed by atoms with Gasteiger partial charge in [0, 0.05) is 11.5 Å². The molecule has 112 valence electrons. The van der Waals surface area contributed by atoms with Gasteiger partial charge >= 0.3 is 11.6 Å². The van der Waals surface area contributed by atoms with Crippen LogP contribution in [-0.2, 0) is 26.1 Å². The van der Waals surface area contributed by atoms with Gasteiger partial charge in [-0.25, -0.2) is 4.79 Å². The fraction of sp³-hybridized carbons (Fsp3) is 0.231. The van der Waals surface area contributed by atoms with Crippen molar-refractivity contribution in [3.63, 3.8) is 0 Å². The predicted octanol–water partition coefficient (Wildman–Crippen LogP) is 0.766. The second-order valence-electron chi connectivity index (χ2n) is 4.27. The van der Waals surface area contributed by atoms with E-state index in [2.05, 4.69) is 0 Å². The molecule has 2 aromatic rings. The van der Waals surface area contributed by atoms with E-state index < -0.39 is 34.1 Å². The van der Waals surface area contributed by atoms with E-state index in [4.69, 9.17) is 13.7 Å². The number of carbonyl (C=O) groups excluding carboxylic acids is 1. The number of para-hydroxylation sites is 1. The molecule has 0 atom stereocenters. The fourth-order valence-corrected chi connectivity index (χ4v) is 2.09. The number of hydrogen-bond donors (Lipinski definition) is 1. The first kappa shape index (κ1) is 15.2. The average molecular weight is 312 g/mol. The van der Waals surface area contributed by atoms with E-state index in [1.165, 1.54) is 6.07 Å². The molecule has 1 aromatic carbocycles. The lowest BCUT2D eigenvalue weighted by molar-refractivity contribution is -0.142. The molecule has 21 heavy (non-hydrogen) atoms. The quantitative estimate of drug-likeness (QED) is 0.493. The van der Waals surface area contributed by atoms with Crippen LogP contribution in [0.4, 0.5) is 0 Å². The van der Waals surface area contributed by atoms with Crippen LogP contribution in [0.3, 0.4) is 0 Å². The SMILES string of the molecule is O=C(Cc1cc(=O)oc2ccccc12)OCCS(=O)(=O)O. The summed E-state index contributed by atoms with van der Waals surface area (Å²) < 4.78 is 39.2. The normalized spacial score (nSPS) is 11.5. The standard InChI is InChI=1S/C13H12O7S/c14-12(19-5-6-21(16,17)18)7-9-8-13(15)20-11-4-2-1-3-10(9)11/h1-4,8H,5-7H2,(H,16,17,18). The second kappa shape index (κ2) is 6.06. The highest BCUT2D eigenvalue weighted by Gasteiger charge is 2.12. The summed E-state index contributed by atoms with van der Waals surface area (Å²) in [5.41, 5.74) is 0.193. The van der Waals surface area contributed by atoms with Gasteiger partial charge in [-0.3, -0.25) is 9.35 Å². The van der Waals surface area contributed by atoms with Crippen LogP contribution in [0.25, 0.3) is 11.0 Å². The largest absolute Gasteiger partial charge is 0.464 e. The Morgan fingerprint density at radius 3 is 2.71 bits per heavy atom. The van der Waals surface area contributed by atoms with E-state index >= 15 is 0 Å². The second-order valence-corrected chi connectivity index (χ2v) is 5.84. The van der Waals surface area contributed by atoms with E-state index in [0.717, 1.165) is 0 Å². The predicted molar refractivity (Wildman–Crippen MR) is 73.6 cm³/mol. The van der Waals surface area contributed by atoms with Gasteiger partial charge < -0.3 is 9.15 Å². The molecular formula is C13H12O7S. The molecule has 2 rings (SSSR count). The van der Waals surface area contributed by atoms with Crippen molar-refractivity contribution in [3.8, 4) is 0 Å². The maximum Gasteiger partial charge on any atom is 0.336 e. The monoisotopic (exact) mass is 312 g/mol. The van der Waals surface area contributed by atoms with Crippen molar-refractivity contribution >= 4 is 27.1 Å². The Bertz CT molecular complexity index is 820. The molecule has 0 unspecified atom stereocenters. The number of esters is 1. The highest BCUT2D eigenvalue weighted by Crippen LogP contribution is 2.17. The van der Waals surface area contributed by atoms with Gasteiger partial charge in [0.05, 0.1) is 6.42 Å². The minimum absolute atomic E-state index is 0.197. The number of benzene rings is 1. The Morgan fingerprint density at radius 2 is 2.00 bits per heavy atom. The first-order valence-corrected chi connectivity index (χ1v) is 7.58. The number of fused-ring (bicyclic) bond motifs is 1. The Hall–Kier alpha value is -2.19. The maximum atomic E-state index is 11.6. The zero-order valence-corrected chi connectivity index (χ0v) is 11.6. The third kappa shape index (κ3) is 4.40. The Balaban J connectivity index is 2.12. The molecule has 0 saturated heterocycles. The molecule has 1 heterocycles. The number of ether oxygens (including phenoxy) is 1. The van der Waals surface area contributed by atoms with Crippen LogP contribution in [0.1, 0.15) is 5.56 Å². The summed E-state index contributed by atoms with van der Waals surface area (Å²) in [4.78, 5) is 23.0. The summed E-state index contributed by atoms with van der Waals surface area (Å²) in [6, 6.07) is 7.91. The van der Waals surface area contributed by atoms with Crippen LogP contribution in [0.2, 0.25) is 0 Å². The van der Waals surface area contributed by atoms with E-state index in [1.807, 2.05) is 0 Å². The topological polar surface area (TPSA) is 111 Å². The highest BCUT2D eigenvalue weighted by molar-refractivity contribution is 7.85. The maximum absolute atomic E-state index is 11.6. The van der Waals surface area contributed by atoms with Crippen molar-refractivity contribution in [1.29, 1.82) is 0 Å². The highest BCUT2D eigenvalue weighted by atomic mass is 32.2. The summed E-state index contributed by atoms with van der Waals surface area (Å²) >= 11 is 0. The Kier molecular flexibility index (Phi) is 4.39.